The van der Waals surface area contributed by atoms with Crippen LogP contribution in [0.2, 0.25) is 0 Å². The summed E-state index contributed by atoms with van der Waals surface area (Å²) in [6, 6.07) is 8.52. The molecule has 2 heterocycles. The summed E-state index contributed by atoms with van der Waals surface area (Å²) in [5.74, 6) is 0.0630. The number of ether oxygens (including phenoxy) is 3. The minimum absolute atomic E-state index is 0.172. The zero-order valence-electron chi connectivity index (χ0n) is 20.1. The quantitative estimate of drug-likeness (QED) is 0.397. The number of allylic oxidation sites excluding steroid dienone is 1. The molecule has 0 unspecified atom stereocenters. The second kappa shape index (κ2) is 10.8. The van der Waals surface area contributed by atoms with Crippen LogP contribution in [0.1, 0.15) is 37.9 Å². The van der Waals surface area contributed by atoms with Gasteiger partial charge in [-0.3, -0.25) is 9.36 Å². The van der Waals surface area contributed by atoms with Crippen LogP contribution in [-0.4, -0.2) is 30.9 Å². The molecular weight excluding hydrogens is 551 g/mol. The summed E-state index contributed by atoms with van der Waals surface area (Å²) < 4.78 is 32.4. The second-order valence-corrected chi connectivity index (χ2v) is 9.67. The SMILES string of the molecule is CCOC(=O)C1=C(C)N=c2s/c(=C/c3ccc(F)cc3)c(=O)n2[C@H]1c1cc(OC)c(OCC)cc1Br. The lowest BCUT2D eigenvalue weighted by molar-refractivity contribution is -0.139. The summed E-state index contributed by atoms with van der Waals surface area (Å²) in [6.07, 6.45) is 1.68. The lowest BCUT2D eigenvalue weighted by Gasteiger charge is -2.26. The van der Waals surface area contributed by atoms with Crippen LogP contribution in [0.25, 0.3) is 6.08 Å². The first kappa shape index (κ1) is 25.8. The van der Waals surface area contributed by atoms with Gasteiger partial charge in [0.1, 0.15) is 5.82 Å². The van der Waals surface area contributed by atoms with E-state index in [9.17, 15) is 14.0 Å². The third-order valence-electron chi connectivity index (χ3n) is 5.56. The molecular formula is C26H24BrFN2O5S. The van der Waals surface area contributed by atoms with Crippen molar-refractivity contribution in [1.29, 1.82) is 0 Å². The van der Waals surface area contributed by atoms with Crippen LogP contribution in [0.3, 0.4) is 0 Å². The Hall–Kier alpha value is -3.24. The zero-order chi connectivity index (χ0) is 26.0. The molecule has 2 aromatic carbocycles. The standard InChI is InChI=1S/C26H24BrFN2O5S/c1-5-34-20-13-18(27)17(12-19(20)33-4)23-22(25(32)35-6-2)14(3)29-26-30(23)24(31)21(36-26)11-15-7-9-16(28)10-8-15/h7-13,23H,5-6H2,1-4H3/b21-11+/t23-/m0/s1. The van der Waals surface area contributed by atoms with Gasteiger partial charge in [0.05, 0.1) is 42.2 Å². The van der Waals surface area contributed by atoms with Crippen LogP contribution in [0.15, 0.2) is 61.9 Å². The maximum atomic E-state index is 13.7. The molecule has 0 bridgehead atoms. The molecule has 4 rings (SSSR count). The molecule has 1 aromatic heterocycles. The normalized spacial score (nSPS) is 15.4. The Morgan fingerprint density at radius 1 is 1.19 bits per heavy atom. The molecule has 3 aromatic rings. The van der Waals surface area contributed by atoms with E-state index in [1.54, 1.807) is 44.2 Å². The summed E-state index contributed by atoms with van der Waals surface area (Å²) in [5.41, 5.74) is 1.66. The monoisotopic (exact) mass is 574 g/mol. The zero-order valence-corrected chi connectivity index (χ0v) is 22.5. The number of thiazole rings is 1. The minimum Gasteiger partial charge on any atom is -0.493 e. The molecule has 1 aliphatic heterocycles. The summed E-state index contributed by atoms with van der Waals surface area (Å²) in [7, 11) is 1.52. The Bertz CT molecular complexity index is 1530. The van der Waals surface area contributed by atoms with Crippen molar-refractivity contribution in [2.75, 3.05) is 20.3 Å². The van der Waals surface area contributed by atoms with Crippen molar-refractivity contribution in [1.82, 2.24) is 4.57 Å². The number of methoxy groups -OCH3 is 1. The maximum absolute atomic E-state index is 13.7. The van der Waals surface area contributed by atoms with Gasteiger partial charge in [-0.25, -0.2) is 14.2 Å². The van der Waals surface area contributed by atoms with Gasteiger partial charge in [-0.05, 0) is 62.2 Å². The fourth-order valence-electron chi connectivity index (χ4n) is 3.98. The van der Waals surface area contributed by atoms with Crippen molar-refractivity contribution in [2.45, 2.75) is 26.8 Å². The molecule has 188 valence electrons. The molecule has 1 aliphatic rings. The first-order valence-corrected chi connectivity index (χ1v) is 12.8. The highest BCUT2D eigenvalue weighted by atomic mass is 79.9. The Balaban J connectivity index is 1.99. The largest absolute Gasteiger partial charge is 0.493 e. The van der Waals surface area contributed by atoms with E-state index in [0.717, 1.165) is 0 Å². The summed E-state index contributed by atoms with van der Waals surface area (Å²) in [4.78, 5) is 31.8. The predicted molar refractivity (Wildman–Crippen MR) is 139 cm³/mol. The number of halogens is 2. The third-order valence-corrected chi connectivity index (χ3v) is 7.23. The summed E-state index contributed by atoms with van der Waals surface area (Å²) in [5, 5.41) is 0. The molecule has 0 amide bonds. The van der Waals surface area contributed by atoms with E-state index in [-0.39, 0.29) is 23.6 Å². The number of carbonyl (C=O) groups excluding carboxylic acids is 1. The van der Waals surface area contributed by atoms with Gasteiger partial charge in [-0.15, -0.1) is 0 Å². The summed E-state index contributed by atoms with van der Waals surface area (Å²) in [6.45, 7) is 5.91. The second-order valence-electron chi connectivity index (χ2n) is 7.81. The van der Waals surface area contributed by atoms with Gasteiger partial charge < -0.3 is 14.2 Å². The smallest absolute Gasteiger partial charge is 0.338 e. The number of carbonyl (C=O) groups is 1. The van der Waals surface area contributed by atoms with Crippen LogP contribution in [0.5, 0.6) is 11.5 Å². The van der Waals surface area contributed by atoms with Gasteiger partial charge in [0.2, 0.25) is 0 Å². The number of rotatable bonds is 7. The number of benzene rings is 2. The van der Waals surface area contributed by atoms with Gasteiger partial charge in [-0.2, -0.15) is 0 Å². The molecule has 0 aliphatic carbocycles. The highest BCUT2D eigenvalue weighted by molar-refractivity contribution is 9.10. The van der Waals surface area contributed by atoms with Crippen LogP contribution in [-0.2, 0) is 9.53 Å². The van der Waals surface area contributed by atoms with Crippen molar-refractivity contribution >= 4 is 39.3 Å². The topological polar surface area (TPSA) is 79.1 Å². The number of esters is 1. The highest BCUT2D eigenvalue weighted by Gasteiger charge is 2.35. The number of hydrogen-bond donors (Lipinski definition) is 0. The van der Waals surface area contributed by atoms with Crippen LogP contribution in [0.4, 0.5) is 4.39 Å². The third kappa shape index (κ3) is 4.87. The number of aromatic nitrogens is 1. The van der Waals surface area contributed by atoms with E-state index < -0.39 is 12.0 Å². The number of hydrogen-bond acceptors (Lipinski definition) is 7. The van der Waals surface area contributed by atoms with E-state index >= 15 is 0 Å². The van der Waals surface area contributed by atoms with Gasteiger partial charge in [0.25, 0.3) is 5.56 Å². The lowest BCUT2D eigenvalue weighted by atomic mass is 9.95. The van der Waals surface area contributed by atoms with Gasteiger partial charge in [-0.1, -0.05) is 39.4 Å². The fourth-order valence-corrected chi connectivity index (χ4v) is 5.57. The molecule has 0 N–H and O–H groups in total. The van der Waals surface area contributed by atoms with E-state index in [1.807, 2.05) is 6.92 Å². The minimum atomic E-state index is -0.824. The number of fused-ring (bicyclic) bond motifs is 1. The predicted octanol–water partition coefficient (Wildman–Crippen LogP) is 4.11. The molecule has 1 atom stereocenters. The molecule has 0 spiro atoms. The van der Waals surface area contributed by atoms with Crippen molar-refractivity contribution in [3.8, 4) is 11.5 Å². The van der Waals surface area contributed by atoms with Gasteiger partial charge in [0, 0.05) is 4.47 Å². The molecule has 10 heteroatoms. The van der Waals surface area contributed by atoms with E-state index in [1.165, 1.54) is 35.1 Å². The Morgan fingerprint density at radius 3 is 2.56 bits per heavy atom. The molecule has 36 heavy (non-hydrogen) atoms. The van der Waals surface area contributed by atoms with E-state index in [4.69, 9.17) is 14.2 Å². The molecule has 7 nitrogen and oxygen atoms in total. The molecule has 0 fully saturated rings. The van der Waals surface area contributed by atoms with E-state index in [0.29, 0.717) is 48.7 Å². The lowest BCUT2D eigenvalue weighted by Crippen LogP contribution is -2.40. The molecule has 0 saturated carbocycles. The first-order chi connectivity index (χ1) is 17.3. The maximum Gasteiger partial charge on any atom is 0.338 e. The highest BCUT2D eigenvalue weighted by Crippen LogP contribution is 2.41. The van der Waals surface area contributed by atoms with Crippen LogP contribution in [0, 0.1) is 5.82 Å². The summed E-state index contributed by atoms with van der Waals surface area (Å²) >= 11 is 4.79. The fraction of sp³-hybridized carbons (Fsp3) is 0.269. The van der Waals surface area contributed by atoms with Gasteiger partial charge in [0.15, 0.2) is 16.3 Å². The number of nitrogens with zero attached hydrogens (tertiary/aromatic N) is 2. The van der Waals surface area contributed by atoms with E-state index in [2.05, 4.69) is 20.9 Å². The average molecular weight is 575 g/mol. The van der Waals surface area contributed by atoms with Crippen LogP contribution >= 0.6 is 27.3 Å². The average Bonchev–Trinajstić information content (AvgIpc) is 3.14. The molecule has 0 saturated heterocycles. The van der Waals surface area contributed by atoms with Crippen molar-refractivity contribution in [3.63, 3.8) is 0 Å². The van der Waals surface area contributed by atoms with Crippen LogP contribution < -0.4 is 24.4 Å². The van der Waals surface area contributed by atoms with Crippen molar-refractivity contribution in [3.05, 3.63) is 88.8 Å². The first-order valence-electron chi connectivity index (χ1n) is 11.2. The molecule has 0 radical (unpaired) electrons. The van der Waals surface area contributed by atoms with Crippen molar-refractivity contribution < 1.29 is 23.4 Å². The Labute approximate surface area is 219 Å². The Kier molecular flexibility index (Phi) is 7.75. The van der Waals surface area contributed by atoms with Gasteiger partial charge >= 0.3 is 5.97 Å². The van der Waals surface area contributed by atoms with Crippen molar-refractivity contribution in [2.24, 2.45) is 4.99 Å². The Morgan fingerprint density at radius 2 is 1.92 bits per heavy atom.